The van der Waals surface area contributed by atoms with Crippen LogP contribution in [-0.2, 0) is 11.2 Å². The van der Waals surface area contributed by atoms with Gasteiger partial charge in [-0.2, -0.15) is 0 Å². The zero-order valence-electron chi connectivity index (χ0n) is 18.1. The largest absolute Gasteiger partial charge is 0.383 e. The SMILES string of the molecule is C.COCC(C)NCCCc1ccc(Cl)c(C(=O)NCC23CCCC(CCC2)C3)c1. The lowest BCUT2D eigenvalue weighted by atomic mass is 9.62. The predicted octanol–water partition coefficient (Wildman–Crippen LogP) is 5.62. The van der Waals surface area contributed by atoms with Gasteiger partial charge in [-0.15, -0.1) is 0 Å². The summed E-state index contributed by atoms with van der Waals surface area (Å²) in [4.78, 5) is 12.9. The fourth-order valence-electron chi connectivity index (χ4n) is 5.29. The molecule has 5 heteroatoms. The summed E-state index contributed by atoms with van der Waals surface area (Å²) in [5, 5.41) is 7.22. The Kier molecular flexibility index (Phi) is 10.1. The summed E-state index contributed by atoms with van der Waals surface area (Å²) in [7, 11) is 1.72. The van der Waals surface area contributed by atoms with E-state index in [2.05, 4.69) is 17.6 Å². The van der Waals surface area contributed by atoms with Crippen molar-refractivity contribution in [3.8, 4) is 0 Å². The van der Waals surface area contributed by atoms with Crippen molar-refractivity contribution in [1.82, 2.24) is 10.6 Å². The second kappa shape index (κ2) is 12.1. The van der Waals surface area contributed by atoms with Gasteiger partial charge in [0.25, 0.3) is 5.91 Å². The molecule has 2 aliphatic rings. The highest BCUT2D eigenvalue weighted by Crippen LogP contribution is 2.48. The molecule has 2 bridgehead atoms. The average molecular weight is 437 g/mol. The van der Waals surface area contributed by atoms with Crippen molar-refractivity contribution in [3.05, 3.63) is 34.3 Å². The summed E-state index contributed by atoms with van der Waals surface area (Å²) in [5.74, 6) is 0.854. The highest BCUT2D eigenvalue weighted by Gasteiger charge is 2.39. The van der Waals surface area contributed by atoms with Gasteiger partial charge in [-0.3, -0.25) is 4.79 Å². The van der Waals surface area contributed by atoms with Crippen LogP contribution in [-0.4, -0.2) is 38.8 Å². The van der Waals surface area contributed by atoms with Crippen LogP contribution in [0.2, 0.25) is 5.02 Å². The van der Waals surface area contributed by atoms with Gasteiger partial charge in [0.15, 0.2) is 0 Å². The van der Waals surface area contributed by atoms with Crippen molar-refractivity contribution in [2.75, 3.05) is 26.8 Å². The molecule has 1 aromatic carbocycles. The molecule has 4 nitrogen and oxygen atoms in total. The van der Waals surface area contributed by atoms with E-state index in [-0.39, 0.29) is 13.3 Å². The second-order valence-corrected chi connectivity index (χ2v) is 9.67. The Morgan fingerprint density at radius 1 is 1.30 bits per heavy atom. The van der Waals surface area contributed by atoms with Gasteiger partial charge in [0.1, 0.15) is 0 Å². The quantitative estimate of drug-likeness (QED) is 0.467. The fourth-order valence-corrected chi connectivity index (χ4v) is 5.49. The van der Waals surface area contributed by atoms with E-state index in [0.29, 0.717) is 28.6 Å². The van der Waals surface area contributed by atoms with Gasteiger partial charge in [0, 0.05) is 19.7 Å². The number of halogens is 1. The van der Waals surface area contributed by atoms with Crippen LogP contribution in [0, 0.1) is 11.3 Å². The summed E-state index contributed by atoms with van der Waals surface area (Å²) in [6.45, 7) is 4.56. The molecule has 0 radical (unpaired) electrons. The lowest BCUT2D eigenvalue weighted by Gasteiger charge is -2.45. The lowest BCUT2D eigenvalue weighted by Crippen LogP contribution is -2.43. The van der Waals surface area contributed by atoms with Crippen molar-refractivity contribution >= 4 is 17.5 Å². The maximum Gasteiger partial charge on any atom is 0.252 e. The van der Waals surface area contributed by atoms with Gasteiger partial charge in [-0.05, 0) is 74.6 Å². The van der Waals surface area contributed by atoms with E-state index >= 15 is 0 Å². The Morgan fingerprint density at radius 2 is 2.03 bits per heavy atom. The Balaban J connectivity index is 0.00000320. The minimum atomic E-state index is -0.0224. The molecule has 1 aromatic rings. The van der Waals surface area contributed by atoms with Gasteiger partial charge < -0.3 is 15.4 Å². The Bertz CT molecular complexity index is 669. The first-order valence-electron chi connectivity index (χ1n) is 11.3. The first kappa shape index (κ1) is 25.2. The Morgan fingerprint density at radius 3 is 2.73 bits per heavy atom. The first-order chi connectivity index (χ1) is 14.0. The van der Waals surface area contributed by atoms with Crippen LogP contribution in [0.25, 0.3) is 0 Å². The molecule has 170 valence electrons. The van der Waals surface area contributed by atoms with E-state index in [1.54, 1.807) is 7.11 Å². The number of nitrogens with one attached hydrogen (secondary N) is 2. The third-order valence-corrected chi connectivity index (χ3v) is 7.14. The molecule has 1 amide bonds. The van der Waals surface area contributed by atoms with E-state index in [0.717, 1.165) is 37.4 Å². The zero-order valence-corrected chi connectivity index (χ0v) is 18.8. The molecule has 2 aliphatic carbocycles. The maximum absolute atomic E-state index is 12.9. The van der Waals surface area contributed by atoms with Crippen molar-refractivity contribution in [1.29, 1.82) is 0 Å². The second-order valence-electron chi connectivity index (χ2n) is 9.27. The monoisotopic (exact) mass is 436 g/mol. The number of rotatable bonds is 10. The van der Waals surface area contributed by atoms with Gasteiger partial charge in [0.2, 0.25) is 0 Å². The first-order valence-corrected chi connectivity index (χ1v) is 11.7. The van der Waals surface area contributed by atoms with Crippen molar-refractivity contribution in [2.45, 2.75) is 78.2 Å². The van der Waals surface area contributed by atoms with Crippen LogP contribution in [0.4, 0.5) is 0 Å². The molecule has 30 heavy (non-hydrogen) atoms. The number of hydrogen-bond acceptors (Lipinski definition) is 3. The fraction of sp³-hybridized carbons (Fsp3) is 0.720. The summed E-state index contributed by atoms with van der Waals surface area (Å²) < 4.78 is 5.14. The summed E-state index contributed by atoms with van der Waals surface area (Å²) >= 11 is 6.37. The lowest BCUT2D eigenvalue weighted by molar-refractivity contribution is 0.0682. The zero-order chi connectivity index (χ0) is 20.7. The van der Waals surface area contributed by atoms with Crippen molar-refractivity contribution < 1.29 is 9.53 Å². The summed E-state index contributed by atoms with van der Waals surface area (Å²) in [6, 6.07) is 6.22. The third kappa shape index (κ3) is 6.96. The molecule has 0 spiro atoms. The number of carbonyl (C=O) groups is 1. The molecule has 0 aromatic heterocycles. The molecule has 2 fully saturated rings. The summed E-state index contributed by atoms with van der Waals surface area (Å²) in [5.41, 5.74) is 2.10. The Hall–Kier alpha value is -1.10. The van der Waals surface area contributed by atoms with Gasteiger partial charge in [-0.25, -0.2) is 0 Å². The minimum Gasteiger partial charge on any atom is -0.383 e. The highest BCUT2D eigenvalue weighted by molar-refractivity contribution is 6.33. The smallest absolute Gasteiger partial charge is 0.252 e. The van der Waals surface area contributed by atoms with Crippen LogP contribution in [0.3, 0.4) is 0 Å². The number of ether oxygens (including phenoxy) is 1. The normalized spacial score (nSPS) is 24.0. The summed E-state index contributed by atoms with van der Waals surface area (Å²) in [6.07, 6.45) is 11.1. The molecule has 1 atom stereocenters. The predicted molar refractivity (Wildman–Crippen MR) is 126 cm³/mol. The number of benzene rings is 1. The molecule has 0 heterocycles. The highest BCUT2D eigenvalue weighted by atomic mass is 35.5. The van der Waals surface area contributed by atoms with Crippen LogP contribution in [0.1, 0.15) is 81.6 Å². The van der Waals surface area contributed by atoms with Gasteiger partial charge >= 0.3 is 0 Å². The molecule has 2 N–H and O–H groups in total. The molecule has 0 saturated heterocycles. The standard InChI is InChI=1S/C24H37ClN2O2.CH4/c1-18(16-29-2)26-13-5-8-19-9-10-22(25)21(14-19)23(28)27-17-24-11-3-6-20(15-24)7-4-12-24;/h9-10,14,18,20,26H,3-8,11-13,15-17H2,1-2H3,(H,27,28);1H4. The van der Waals surface area contributed by atoms with Gasteiger partial charge in [0.05, 0.1) is 17.2 Å². The van der Waals surface area contributed by atoms with Crippen molar-refractivity contribution in [3.63, 3.8) is 0 Å². The molecular formula is C25H41ClN2O2. The van der Waals surface area contributed by atoms with E-state index in [1.165, 1.54) is 44.9 Å². The third-order valence-electron chi connectivity index (χ3n) is 6.81. The molecule has 2 saturated carbocycles. The van der Waals surface area contributed by atoms with Crippen LogP contribution < -0.4 is 10.6 Å². The number of carbonyl (C=O) groups excluding carboxylic acids is 1. The minimum absolute atomic E-state index is 0. The molecule has 1 unspecified atom stereocenters. The topological polar surface area (TPSA) is 50.4 Å². The number of hydrogen-bond donors (Lipinski definition) is 2. The average Bonchev–Trinajstić information content (AvgIpc) is 2.71. The molecule has 0 aliphatic heterocycles. The van der Waals surface area contributed by atoms with E-state index < -0.39 is 0 Å². The van der Waals surface area contributed by atoms with Crippen LogP contribution in [0.15, 0.2) is 18.2 Å². The maximum atomic E-state index is 12.9. The number of fused-ring (bicyclic) bond motifs is 2. The van der Waals surface area contributed by atoms with Crippen LogP contribution >= 0.6 is 11.6 Å². The van der Waals surface area contributed by atoms with E-state index in [4.69, 9.17) is 16.3 Å². The molecular weight excluding hydrogens is 396 g/mol. The van der Waals surface area contributed by atoms with Crippen LogP contribution in [0.5, 0.6) is 0 Å². The Labute approximate surface area is 188 Å². The van der Waals surface area contributed by atoms with E-state index in [9.17, 15) is 4.79 Å². The molecule has 3 rings (SSSR count). The number of amides is 1. The number of methoxy groups -OCH3 is 1. The number of aryl methyl sites for hydroxylation is 1. The van der Waals surface area contributed by atoms with Crippen molar-refractivity contribution in [2.24, 2.45) is 11.3 Å². The van der Waals surface area contributed by atoms with E-state index in [1.807, 2.05) is 18.2 Å². The van der Waals surface area contributed by atoms with Gasteiger partial charge in [-0.1, -0.05) is 50.8 Å².